The van der Waals surface area contributed by atoms with Crippen LogP contribution in [-0.2, 0) is 0 Å². The SMILES string of the molecule is C[C@@H]1C[C@@H](O)c2ncnc(-c3ccc(C=O)cc3)c21. The number of carbonyl (C=O) groups excluding carboxylic acids is 1. The second-order valence-electron chi connectivity index (χ2n) is 4.91. The van der Waals surface area contributed by atoms with Crippen molar-refractivity contribution in [2.24, 2.45) is 0 Å². The molecular weight excluding hydrogens is 240 g/mol. The summed E-state index contributed by atoms with van der Waals surface area (Å²) in [6, 6.07) is 7.30. The zero-order valence-electron chi connectivity index (χ0n) is 10.6. The van der Waals surface area contributed by atoms with E-state index in [9.17, 15) is 9.90 Å². The summed E-state index contributed by atoms with van der Waals surface area (Å²) in [7, 11) is 0. The molecule has 0 bridgehead atoms. The molecule has 2 atom stereocenters. The van der Waals surface area contributed by atoms with Gasteiger partial charge in [-0.25, -0.2) is 9.97 Å². The Kier molecular flexibility index (Phi) is 2.87. The Labute approximate surface area is 111 Å². The lowest BCUT2D eigenvalue weighted by Gasteiger charge is -2.10. The number of fused-ring (bicyclic) bond motifs is 1. The molecule has 0 spiro atoms. The average molecular weight is 254 g/mol. The first-order valence-corrected chi connectivity index (χ1v) is 6.29. The van der Waals surface area contributed by atoms with Crippen molar-refractivity contribution in [3.8, 4) is 11.3 Å². The summed E-state index contributed by atoms with van der Waals surface area (Å²) >= 11 is 0. The highest BCUT2D eigenvalue weighted by molar-refractivity contribution is 5.77. The third-order valence-corrected chi connectivity index (χ3v) is 3.62. The van der Waals surface area contributed by atoms with Crippen LogP contribution < -0.4 is 0 Å². The molecule has 1 N–H and O–H groups in total. The number of aromatic nitrogens is 2. The first-order chi connectivity index (χ1) is 9.20. The van der Waals surface area contributed by atoms with Crippen molar-refractivity contribution in [3.63, 3.8) is 0 Å². The van der Waals surface area contributed by atoms with Gasteiger partial charge >= 0.3 is 0 Å². The summed E-state index contributed by atoms with van der Waals surface area (Å²) in [4.78, 5) is 19.2. The molecule has 0 fully saturated rings. The minimum atomic E-state index is -0.499. The number of carbonyl (C=O) groups is 1. The highest BCUT2D eigenvalue weighted by atomic mass is 16.3. The Morgan fingerprint density at radius 3 is 2.68 bits per heavy atom. The molecule has 0 radical (unpaired) electrons. The van der Waals surface area contributed by atoms with Crippen LogP contribution in [0.2, 0.25) is 0 Å². The van der Waals surface area contributed by atoms with Gasteiger partial charge in [0, 0.05) is 16.7 Å². The zero-order chi connectivity index (χ0) is 13.4. The van der Waals surface area contributed by atoms with E-state index >= 15 is 0 Å². The normalized spacial score (nSPS) is 21.2. The molecule has 4 heteroatoms. The highest BCUT2D eigenvalue weighted by Gasteiger charge is 2.31. The summed E-state index contributed by atoms with van der Waals surface area (Å²) < 4.78 is 0. The van der Waals surface area contributed by atoms with E-state index in [1.165, 1.54) is 6.33 Å². The maximum atomic E-state index is 10.7. The molecule has 0 unspecified atom stereocenters. The van der Waals surface area contributed by atoms with Gasteiger partial charge in [-0.15, -0.1) is 0 Å². The molecule has 3 rings (SSSR count). The maximum Gasteiger partial charge on any atom is 0.150 e. The molecule has 1 aromatic carbocycles. The highest BCUT2D eigenvalue weighted by Crippen LogP contribution is 2.42. The van der Waals surface area contributed by atoms with Gasteiger partial charge in [0.25, 0.3) is 0 Å². The van der Waals surface area contributed by atoms with E-state index in [1.54, 1.807) is 12.1 Å². The van der Waals surface area contributed by atoms with Gasteiger partial charge in [0.2, 0.25) is 0 Å². The van der Waals surface area contributed by atoms with Crippen LogP contribution in [-0.4, -0.2) is 21.4 Å². The van der Waals surface area contributed by atoms with Gasteiger partial charge in [-0.1, -0.05) is 31.2 Å². The molecule has 2 aromatic rings. The number of hydrogen-bond acceptors (Lipinski definition) is 4. The maximum absolute atomic E-state index is 10.7. The molecule has 0 aliphatic heterocycles. The lowest BCUT2D eigenvalue weighted by molar-refractivity contribution is 0.112. The minimum absolute atomic E-state index is 0.243. The van der Waals surface area contributed by atoms with Crippen molar-refractivity contribution < 1.29 is 9.90 Å². The summed E-state index contributed by atoms with van der Waals surface area (Å²) in [6.07, 6.45) is 2.50. The van der Waals surface area contributed by atoms with Gasteiger partial charge in [-0.3, -0.25) is 4.79 Å². The second kappa shape index (κ2) is 4.55. The molecule has 0 amide bonds. The zero-order valence-corrected chi connectivity index (χ0v) is 10.6. The second-order valence-corrected chi connectivity index (χ2v) is 4.91. The fourth-order valence-electron chi connectivity index (χ4n) is 2.67. The standard InChI is InChI=1S/C15H14N2O2/c1-9-6-12(19)15-13(9)14(16-8-17-15)11-4-2-10(7-18)3-5-11/h2-5,7-9,12,19H,6H2,1H3/t9-,12-/m1/s1. The first-order valence-electron chi connectivity index (χ1n) is 6.29. The molecule has 19 heavy (non-hydrogen) atoms. The van der Waals surface area contributed by atoms with Crippen LogP contribution in [0.25, 0.3) is 11.3 Å². The molecule has 0 saturated heterocycles. The van der Waals surface area contributed by atoms with E-state index < -0.39 is 6.10 Å². The smallest absolute Gasteiger partial charge is 0.150 e. The van der Waals surface area contributed by atoms with Crippen molar-refractivity contribution in [2.75, 3.05) is 0 Å². The summed E-state index contributed by atoms with van der Waals surface area (Å²) in [5, 5.41) is 9.97. The monoisotopic (exact) mass is 254 g/mol. The lowest BCUT2D eigenvalue weighted by Crippen LogP contribution is -1.99. The van der Waals surface area contributed by atoms with E-state index in [1.807, 2.05) is 12.1 Å². The molecule has 1 aromatic heterocycles. The third-order valence-electron chi connectivity index (χ3n) is 3.62. The number of aliphatic hydroxyl groups is 1. The van der Waals surface area contributed by atoms with Crippen molar-refractivity contribution in [2.45, 2.75) is 25.4 Å². The van der Waals surface area contributed by atoms with Gasteiger partial charge in [0.1, 0.15) is 12.6 Å². The minimum Gasteiger partial charge on any atom is -0.387 e. The van der Waals surface area contributed by atoms with Crippen LogP contribution >= 0.6 is 0 Å². The van der Waals surface area contributed by atoms with Crippen LogP contribution in [0, 0.1) is 0 Å². The number of rotatable bonds is 2. The van der Waals surface area contributed by atoms with Gasteiger partial charge < -0.3 is 5.11 Å². The number of nitrogens with zero attached hydrogens (tertiary/aromatic N) is 2. The van der Waals surface area contributed by atoms with Gasteiger partial charge in [-0.05, 0) is 12.3 Å². The molecule has 1 aliphatic rings. The number of aliphatic hydroxyl groups excluding tert-OH is 1. The average Bonchev–Trinajstić information content (AvgIpc) is 2.74. The number of aldehydes is 1. The Hall–Kier alpha value is -2.07. The van der Waals surface area contributed by atoms with Gasteiger partial charge in [0.15, 0.2) is 0 Å². The van der Waals surface area contributed by atoms with Crippen LogP contribution in [0.15, 0.2) is 30.6 Å². The fraction of sp³-hybridized carbons (Fsp3) is 0.267. The van der Waals surface area contributed by atoms with Crippen molar-refractivity contribution in [1.82, 2.24) is 9.97 Å². The van der Waals surface area contributed by atoms with Crippen molar-refractivity contribution in [1.29, 1.82) is 0 Å². The Bertz CT molecular complexity index is 623. The van der Waals surface area contributed by atoms with Crippen LogP contribution in [0.4, 0.5) is 0 Å². The first kappa shape index (κ1) is 12.0. The number of benzene rings is 1. The summed E-state index contributed by atoms with van der Waals surface area (Å²) in [5.74, 6) is 0.243. The molecule has 4 nitrogen and oxygen atoms in total. The van der Waals surface area contributed by atoms with Gasteiger partial charge in [-0.2, -0.15) is 0 Å². The molecule has 1 heterocycles. The van der Waals surface area contributed by atoms with E-state index in [0.29, 0.717) is 12.0 Å². The Morgan fingerprint density at radius 1 is 1.26 bits per heavy atom. The fourth-order valence-corrected chi connectivity index (χ4v) is 2.67. The van der Waals surface area contributed by atoms with E-state index in [4.69, 9.17) is 0 Å². The molecule has 96 valence electrons. The van der Waals surface area contributed by atoms with E-state index in [-0.39, 0.29) is 5.92 Å². The summed E-state index contributed by atoms with van der Waals surface area (Å²) in [5.41, 5.74) is 4.20. The van der Waals surface area contributed by atoms with Crippen LogP contribution in [0.3, 0.4) is 0 Å². The van der Waals surface area contributed by atoms with Gasteiger partial charge in [0.05, 0.1) is 17.5 Å². The third kappa shape index (κ3) is 1.94. The van der Waals surface area contributed by atoms with E-state index in [0.717, 1.165) is 28.8 Å². The van der Waals surface area contributed by atoms with Crippen LogP contribution in [0.1, 0.15) is 47.0 Å². The summed E-state index contributed by atoms with van der Waals surface area (Å²) in [6.45, 7) is 2.07. The Balaban J connectivity index is 2.13. The molecule has 1 aliphatic carbocycles. The van der Waals surface area contributed by atoms with Crippen LogP contribution in [0.5, 0.6) is 0 Å². The van der Waals surface area contributed by atoms with Crippen molar-refractivity contribution >= 4 is 6.29 Å². The predicted octanol–water partition coefficient (Wildman–Crippen LogP) is 2.50. The topological polar surface area (TPSA) is 63.1 Å². The molecular formula is C15H14N2O2. The molecule has 0 saturated carbocycles. The number of hydrogen-bond donors (Lipinski definition) is 1. The van der Waals surface area contributed by atoms with Crippen molar-refractivity contribution in [3.05, 3.63) is 47.4 Å². The lowest BCUT2D eigenvalue weighted by atomic mass is 9.98. The van der Waals surface area contributed by atoms with E-state index in [2.05, 4.69) is 16.9 Å². The Morgan fingerprint density at radius 2 is 2.00 bits per heavy atom. The largest absolute Gasteiger partial charge is 0.387 e. The quantitative estimate of drug-likeness (QED) is 0.836. The predicted molar refractivity (Wildman–Crippen MR) is 70.8 cm³/mol.